The lowest BCUT2D eigenvalue weighted by atomic mass is 10.1. The van der Waals surface area contributed by atoms with E-state index in [1.54, 1.807) is 6.07 Å². The highest BCUT2D eigenvalue weighted by Crippen LogP contribution is 2.22. The van der Waals surface area contributed by atoms with Gasteiger partial charge in [-0.3, -0.25) is 0 Å². The average molecular weight is 293 g/mol. The number of nitrogens with zero attached hydrogens (tertiary/aromatic N) is 2. The van der Waals surface area contributed by atoms with E-state index in [1.807, 2.05) is 24.1 Å². The summed E-state index contributed by atoms with van der Waals surface area (Å²) < 4.78 is 14.3. The smallest absolute Gasteiger partial charge is 0.146 e. The van der Waals surface area contributed by atoms with Crippen molar-refractivity contribution in [1.82, 2.24) is 10.2 Å². The number of rotatable bonds is 7. The quantitative estimate of drug-likeness (QED) is 0.780. The van der Waals surface area contributed by atoms with E-state index in [0.717, 1.165) is 38.2 Å². The predicted molar refractivity (Wildman–Crippen MR) is 87.3 cm³/mol. The Morgan fingerprint density at radius 3 is 2.86 bits per heavy atom. The molecule has 0 aliphatic carbocycles. The average Bonchev–Trinajstić information content (AvgIpc) is 2.84. The van der Waals surface area contributed by atoms with Crippen LogP contribution in [0.3, 0.4) is 0 Å². The first kappa shape index (κ1) is 16.2. The summed E-state index contributed by atoms with van der Waals surface area (Å²) in [4.78, 5) is 4.42. The number of hydrogen-bond donors (Lipinski definition) is 1. The Balaban J connectivity index is 1.95. The van der Waals surface area contributed by atoms with Crippen molar-refractivity contribution >= 4 is 5.69 Å². The second-order valence-electron chi connectivity index (χ2n) is 6.12. The van der Waals surface area contributed by atoms with E-state index in [4.69, 9.17) is 0 Å². The van der Waals surface area contributed by atoms with Gasteiger partial charge in [-0.25, -0.2) is 4.39 Å². The maximum absolute atomic E-state index is 14.3. The zero-order valence-electron chi connectivity index (χ0n) is 13.5. The minimum absolute atomic E-state index is 0.117. The molecule has 1 saturated heterocycles. The summed E-state index contributed by atoms with van der Waals surface area (Å²) >= 11 is 0. The molecule has 4 heteroatoms. The number of benzene rings is 1. The van der Waals surface area contributed by atoms with Crippen LogP contribution in [0.4, 0.5) is 10.1 Å². The maximum Gasteiger partial charge on any atom is 0.146 e. The first-order valence-corrected chi connectivity index (χ1v) is 8.02. The third-order valence-electron chi connectivity index (χ3n) is 4.34. The lowest BCUT2D eigenvalue weighted by molar-refractivity contribution is 0.314. The number of likely N-dealkylation sites (tertiary alicyclic amines) is 1. The van der Waals surface area contributed by atoms with E-state index >= 15 is 0 Å². The van der Waals surface area contributed by atoms with Gasteiger partial charge in [0.15, 0.2) is 0 Å². The van der Waals surface area contributed by atoms with Crippen molar-refractivity contribution in [1.29, 1.82) is 0 Å². The molecule has 0 spiro atoms. The fourth-order valence-corrected chi connectivity index (χ4v) is 3.00. The largest absolute Gasteiger partial charge is 0.371 e. The van der Waals surface area contributed by atoms with E-state index in [-0.39, 0.29) is 5.82 Å². The van der Waals surface area contributed by atoms with E-state index in [1.165, 1.54) is 12.8 Å². The van der Waals surface area contributed by atoms with Crippen LogP contribution in [0.2, 0.25) is 0 Å². The summed E-state index contributed by atoms with van der Waals surface area (Å²) in [7, 11) is 4.14. The SMILES string of the molecule is CCCNCc1ccc(N(C)CC2CCCN2C)c(F)c1. The molecule has 1 fully saturated rings. The Bertz CT molecular complexity index is 450. The highest BCUT2D eigenvalue weighted by Gasteiger charge is 2.23. The summed E-state index contributed by atoms with van der Waals surface area (Å²) in [5.41, 5.74) is 1.71. The second kappa shape index (κ2) is 7.76. The number of hydrogen-bond acceptors (Lipinski definition) is 3. The van der Waals surface area contributed by atoms with E-state index in [2.05, 4.69) is 24.2 Å². The lowest BCUT2D eigenvalue weighted by Crippen LogP contribution is -2.37. The van der Waals surface area contributed by atoms with Crippen molar-refractivity contribution in [2.24, 2.45) is 0 Å². The van der Waals surface area contributed by atoms with Crippen molar-refractivity contribution < 1.29 is 4.39 Å². The summed E-state index contributed by atoms with van der Waals surface area (Å²) in [5.74, 6) is -0.117. The van der Waals surface area contributed by atoms with Gasteiger partial charge in [0.2, 0.25) is 0 Å². The van der Waals surface area contributed by atoms with Crippen LogP contribution in [0, 0.1) is 5.82 Å². The summed E-state index contributed by atoms with van der Waals surface area (Å²) in [6.07, 6.45) is 3.55. The van der Waals surface area contributed by atoms with Crippen molar-refractivity contribution in [3.05, 3.63) is 29.6 Å². The molecule has 0 bridgehead atoms. The van der Waals surface area contributed by atoms with Crippen molar-refractivity contribution in [2.75, 3.05) is 38.6 Å². The van der Waals surface area contributed by atoms with Crippen LogP contribution in [0.1, 0.15) is 31.7 Å². The highest BCUT2D eigenvalue weighted by molar-refractivity contribution is 5.48. The molecule has 0 aromatic heterocycles. The van der Waals surface area contributed by atoms with Gasteiger partial charge in [0, 0.05) is 26.2 Å². The third-order valence-corrected chi connectivity index (χ3v) is 4.34. The molecule has 1 N–H and O–H groups in total. The van der Waals surface area contributed by atoms with Gasteiger partial charge in [-0.15, -0.1) is 0 Å². The van der Waals surface area contributed by atoms with E-state index < -0.39 is 0 Å². The van der Waals surface area contributed by atoms with Crippen molar-refractivity contribution in [2.45, 2.75) is 38.8 Å². The zero-order valence-corrected chi connectivity index (χ0v) is 13.5. The van der Waals surface area contributed by atoms with Gasteiger partial charge in [-0.1, -0.05) is 13.0 Å². The Morgan fingerprint density at radius 1 is 1.43 bits per heavy atom. The van der Waals surface area contributed by atoms with Crippen LogP contribution >= 0.6 is 0 Å². The lowest BCUT2D eigenvalue weighted by Gasteiger charge is -2.27. The molecule has 1 aliphatic rings. The molecule has 118 valence electrons. The van der Waals surface area contributed by atoms with E-state index in [9.17, 15) is 4.39 Å². The predicted octanol–water partition coefficient (Wildman–Crippen LogP) is 2.86. The fraction of sp³-hybridized carbons (Fsp3) is 0.647. The molecular formula is C17H28FN3. The molecule has 1 unspecified atom stereocenters. The number of nitrogens with one attached hydrogen (secondary N) is 1. The van der Waals surface area contributed by atoms with Crippen molar-refractivity contribution in [3.63, 3.8) is 0 Å². The monoisotopic (exact) mass is 293 g/mol. The molecule has 1 heterocycles. The van der Waals surface area contributed by atoms with Crippen molar-refractivity contribution in [3.8, 4) is 0 Å². The topological polar surface area (TPSA) is 18.5 Å². The van der Waals surface area contributed by atoms with Crippen LogP contribution in [-0.4, -0.2) is 44.7 Å². The molecule has 1 aromatic carbocycles. The molecule has 1 aliphatic heterocycles. The third kappa shape index (κ3) is 4.42. The fourth-order valence-electron chi connectivity index (χ4n) is 3.00. The highest BCUT2D eigenvalue weighted by atomic mass is 19.1. The molecule has 2 rings (SSSR count). The Labute approximate surface area is 128 Å². The summed E-state index contributed by atoms with van der Waals surface area (Å²) in [6, 6.07) is 6.14. The number of likely N-dealkylation sites (N-methyl/N-ethyl adjacent to an activating group) is 2. The standard InChI is InChI=1S/C17H28FN3/c1-4-9-19-12-14-7-8-17(16(18)11-14)21(3)13-15-6-5-10-20(15)2/h7-8,11,15,19H,4-6,9-10,12-13H2,1-3H3. The molecule has 1 atom stereocenters. The molecule has 0 saturated carbocycles. The molecule has 0 radical (unpaired) electrons. The van der Waals surface area contributed by atoms with E-state index in [0.29, 0.717) is 11.7 Å². The van der Waals surface area contributed by atoms with Gasteiger partial charge in [0.25, 0.3) is 0 Å². The Morgan fingerprint density at radius 2 is 2.24 bits per heavy atom. The number of anilines is 1. The first-order chi connectivity index (χ1) is 10.1. The van der Waals surface area contributed by atoms with Gasteiger partial charge in [-0.2, -0.15) is 0 Å². The molecule has 0 amide bonds. The van der Waals surface area contributed by atoms with Crippen LogP contribution in [-0.2, 0) is 6.54 Å². The molecular weight excluding hydrogens is 265 g/mol. The van der Waals surface area contributed by atoms with Crippen LogP contribution in [0.15, 0.2) is 18.2 Å². The zero-order chi connectivity index (χ0) is 15.2. The first-order valence-electron chi connectivity index (χ1n) is 8.02. The normalized spacial score (nSPS) is 19.1. The van der Waals surface area contributed by atoms with Gasteiger partial charge in [0.1, 0.15) is 5.82 Å². The molecule has 3 nitrogen and oxygen atoms in total. The minimum atomic E-state index is -0.117. The Hall–Kier alpha value is -1.13. The molecule has 1 aromatic rings. The van der Waals surface area contributed by atoms with Crippen LogP contribution in [0.25, 0.3) is 0 Å². The van der Waals surface area contributed by atoms with Gasteiger partial charge >= 0.3 is 0 Å². The van der Waals surface area contributed by atoms with Gasteiger partial charge in [0.05, 0.1) is 5.69 Å². The minimum Gasteiger partial charge on any atom is -0.371 e. The van der Waals surface area contributed by atoms with Crippen LogP contribution < -0.4 is 10.2 Å². The Kier molecular flexibility index (Phi) is 6.00. The summed E-state index contributed by atoms with van der Waals surface area (Å²) in [6.45, 7) is 5.88. The van der Waals surface area contributed by atoms with Crippen LogP contribution in [0.5, 0.6) is 0 Å². The van der Waals surface area contributed by atoms with Gasteiger partial charge < -0.3 is 15.1 Å². The maximum atomic E-state index is 14.3. The second-order valence-corrected chi connectivity index (χ2v) is 6.12. The molecule has 21 heavy (non-hydrogen) atoms. The number of halogens is 1. The van der Waals surface area contributed by atoms with Gasteiger partial charge in [-0.05, 0) is 57.1 Å². The summed E-state index contributed by atoms with van der Waals surface area (Å²) in [5, 5.41) is 3.30.